The fourth-order valence-electron chi connectivity index (χ4n) is 2.97. The van der Waals surface area contributed by atoms with Crippen molar-refractivity contribution in [2.75, 3.05) is 13.2 Å². The van der Waals surface area contributed by atoms with Crippen molar-refractivity contribution in [2.45, 2.75) is 19.4 Å². The topological polar surface area (TPSA) is 55.8 Å². The Morgan fingerprint density at radius 1 is 1.15 bits per heavy atom. The summed E-state index contributed by atoms with van der Waals surface area (Å²) in [5.74, 6) is 0.150. The molecule has 26 heavy (non-hydrogen) atoms. The molecule has 3 aromatic rings. The van der Waals surface area contributed by atoms with Gasteiger partial charge in [-0.3, -0.25) is 0 Å². The van der Waals surface area contributed by atoms with Crippen LogP contribution in [0.25, 0.3) is 21.5 Å². The van der Waals surface area contributed by atoms with Gasteiger partial charge in [0, 0.05) is 16.8 Å². The molecular weight excluding hydrogens is 328 g/mol. The minimum atomic E-state index is -0.746. The number of carbonyl (C=O) groups is 1. The van der Waals surface area contributed by atoms with Gasteiger partial charge in [0.2, 0.25) is 0 Å². The summed E-state index contributed by atoms with van der Waals surface area (Å²) in [5.41, 5.74) is 1.26. The number of aliphatic hydroxyl groups is 1. The summed E-state index contributed by atoms with van der Waals surface area (Å²) in [4.78, 5) is 11.4. The number of benzene rings is 3. The molecule has 0 spiro atoms. The van der Waals surface area contributed by atoms with Crippen molar-refractivity contribution in [1.82, 2.24) is 0 Å². The van der Waals surface area contributed by atoms with Crippen LogP contribution in [0.3, 0.4) is 0 Å². The number of esters is 1. The molecule has 0 fully saturated rings. The third-order valence-corrected chi connectivity index (χ3v) is 4.35. The number of carbonyl (C=O) groups excluding carboxylic acids is 1. The van der Waals surface area contributed by atoms with Gasteiger partial charge in [0.05, 0.1) is 6.61 Å². The van der Waals surface area contributed by atoms with Gasteiger partial charge in [-0.15, -0.1) is 0 Å². The number of hydrogen-bond acceptors (Lipinski definition) is 4. The molecule has 0 bridgehead atoms. The van der Waals surface area contributed by atoms with Crippen LogP contribution in [0.2, 0.25) is 0 Å². The van der Waals surface area contributed by atoms with Crippen molar-refractivity contribution in [1.29, 1.82) is 0 Å². The number of ether oxygens (including phenoxy) is 2. The zero-order chi connectivity index (χ0) is 18.5. The highest BCUT2D eigenvalue weighted by Gasteiger charge is 2.15. The molecule has 0 saturated heterocycles. The maximum Gasteiger partial charge on any atom is 0.330 e. The molecule has 0 aromatic heterocycles. The van der Waals surface area contributed by atoms with Gasteiger partial charge in [-0.2, -0.15) is 0 Å². The summed E-state index contributed by atoms with van der Waals surface area (Å²) in [6.45, 7) is 5.24. The molecule has 4 nitrogen and oxygen atoms in total. The monoisotopic (exact) mass is 350 g/mol. The number of aryl methyl sites for hydroxylation is 1. The van der Waals surface area contributed by atoms with E-state index >= 15 is 0 Å². The minimum Gasteiger partial charge on any atom is -0.488 e. The Balaban J connectivity index is 2.01. The lowest BCUT2D eigenvalue weighted by Crippen LogP contribution is -2.27. The molecule has 0 amide bonds. The van der Waals surface area contributed by atoms with Crippen molar-refractivity contribution in [3.63, 3.8) is 0 Å². The molecule has 0 radical (unpaired) electrons. The standard InChI is InChI=1S/C22H22O4/c1-3-15-9-10-20-17(11-15)12-16-7-5-6-8-19(16)22(20)25-14-18(13-23)26-21(24)4-2/h4-12,18,23H,2-3,13-14H2,1H3. The van der Waals surface area contributed by atoms with E-state index in [0.29, 0.717) is 0 Å². The Bertz CT molecular complexity index is 945. The van der Waals surface area contributed by atoms with E-state index in [1.807, 2.05) is 24.3 Å². The molecule has 1 unspecified atom stereocenters. The van der Waals surface area contributed by atoms with Gasteiger partial charge in [0.1, 0.15) is 12.4 Å². The molecule has 0 saturated carbocycles. The number of fused-ring (bicyclic) bond motifs is 2. The van der Waals surface area contributed by atoms with Crippen LogP contribution >= 0.6 is 0 Å². The van der Waals surface area contributed by atoms with E-state index in [4.69, 9.17) is 9.47 Å². The van der Waals surface area contributed by atoms with Gasteiger partial charge >= 0.3 is 5.97 Å². The molecule has 0 aliphatic carbocycles. The van der Waals surface area contributed by atoms with Gasteiger partial charge in [-0.25, -0.2) is 4.79 Å². The molecule has 0 aliphatic heterocycles. The van der Waals surface area contributed by atoms with E-state index < -0.39 is 12.1 Å². The van der Waals surface area contributed by atoms with Crippen LogP contribution in [0.5, 0.6) is 5.75 Å². The third kappa shape index (κ3) is 3.70. The fraction of sp³-hybridized carbons (Fsp3) is 0.227. The van der Waals surface area contributed by atoms with Gasteiger partial charge in [0.25, 0.3) is 0 Å². The Morgan fingerprint density at radius 2 is 1.92 bits per heavy atom. The normalized spacial score (nSPS) is 12.1. The summed E-state index contributed by atoms with van der Waals surface area (Å²) >= 11 is 0. The molecule has 3 aromatic carbocycles. The number of aliphatic hydroxyl groups excluding tert-OH is 1. The Kier molecular flexibility index (Phi) is 5.54. The fourth-order valence-corrected chi connectivity index (χ4v) is 2.97. The molecule has 1 atom stereocenters. The van der Waals surface area contributed by atoms with Crippen LogP contribution < -0.4 is 4.74 Å². The van der Waals surface area contributed by atoms with Crippen LogP contribution in [-0.2, 0) is 16.0 Å². The lowest BCUT2D eigenvalue weighted by molar-refractivity contribution is -0.146. The summed E-state index contributed by atoms with van der Waals surface area (Å²) in [5, 5.41) is 13.6. The number of hydrogen-bond donors (Lipinski definition) is 1. The first-order chi connectivity index (χ1) is 12.7. The predicted molar refractivity (Wildman–Crippen MR) is 103 cm³/mol. The number of rotatable bonds is 7. The van der Waals surface area contributed by atoms with Crippen LogP contribution in [0.15, 0.2) is 61.2 Å². The van der Waals surface area contributed by atoms with E-state index in [-0.39, 0.29) is 13.2 Å². The summed E-state index contributed by atoms with van der Waals surface area (Å²) in [7, 11) is 0. The first kappa shape index (κ1) is 18.0. The van der Waals surface area contributed by atoms with Gasteiger partial charge in [0.15, 0.2) is 6.10 Å². The summed E-state index contributed by atoms with van der Waals surface area (Å²) < 4.78 is 11.1. The van der Waals surface area contributed by atoms with Crippen molar-refractivity contribution >= 4 is 27.5 Å². The Labute approximate surface area is 152 Å². The predicted octanol–water partition coefficient (Wildman–Crippen LogP) is 4.02. The molecule has 0 aliphatic rings. The average molecular weight is 350 g/mol. The van der Waals surface area contributed by atoms with E-state index in [0.717, 1.165) is 39.8 Å². The van der Waals surface area contributed by atoms with Crippen LogP contribution in [0.4, 0.5) is 0 Å². The first-order valence-electron chi connectivity index (χ1n) is 8.67. The van der Waals surface area contributed by atoms with E-state index in [1.165, 1.54) is 5.56 Å². The molecule has 1 N–H and O–H groups in total. The zero-order valence-electron chi connectivity index (χ0n) is 14.8. The van der Waals surface area contributed by atoms with Crippen LogP contribution in [-0.4, -0.2) is 30.4 Å². The molecule has 134 valence electrons. The molecular formula is C22H22O4. The second kappa shape index (κ2) is 8.02. The Hall–Kier alpha value is -2.85. The highest BCUT2D eigenvalue weighted by Crippen LogP contribution is 2.35. The lowest BCUT2D eigenvalue weighted by atomic mass is 9.99. The van der Waals surface area contributed by atoms with Gasteiger partial charge < -0.3 is 14.6 Å². The minimum absolute atomic E-state index is 0.0642. The average Bonchev–Trinajstić information content (AvgIpc) is 2.69. The van der Waals surface area contributed by atoms with Crippen molar-refractivity contribution < 1.29 is 19.4 Å². The molecule has 0 heterocycles. The van der Waals surface area contributed by atoms with Crippen molar-refractivity contribution in [3.05, 3.63) is 66.7 Å². The Morgan fingerprint density at radius 3 is 2.65 bits per heavy atom. The maximum absolute atomic E-state index is 11.4. The smallest absolute Gasteiger partial charge is 0.330 e. The lowest BCUT2D eigenvalue weighted by Gasteiger charge is -2.18. The maximum atomic E-state index is 11.4. The first-order valence-corrected chi connectivity index (χ1v) is 8.67. The van der Waals surface area contributed by atoms with Crippen LogP contribution in [0, 0.1) is 0 Å². The van der Waals surface area contributed by atoms with E-state index in [1.54, 1.807) is 0 Å². The SMILES string of the molecule is C=CC(=O)OC(CO)COc1c2ccccc2cc2cc(CC)ccc12. The zero-order valence-corrected chi connectivity index (χ0v) is 14.8. The van der Waals surface area contributed by atoms with Gasteiger partial charge in [-0.1, -0.05) is 56.0 Å². The van der Waals surface area contributed by atoms with Crippen LogP contribution in [0.1, 0.15) is 12.5 Å². The second-order valence-electron chi connectivity index (χ2n) is 6.09. The molecule has 4 heteroatoms. The summed E-state index contributed by atoms with van der Waals surface area (Å²) in [6.07, 6.45) is 1.29. The summed E-state index contributed by atoms with van der Waals surface area (Å²) in [6, 6.07) is 16.5. The van der Waals surface area contributed by atoms with Crippen molar-refractivity contribution in [3.8, 4) is 5.75 Å². The van der Waals surface area contributed by atoms with Gasteiger partial charge in [-0.05, 0) is 28.8 Å². The highest BCUT2D eigenvalue weighted by molar-refractivity contribution is 6.05. The highest BCUT2D eigenvalue weighted by atomic mass is 16.6. The van der Waals surface area contributed by atoms with E-state index in [2.05, 4.69) is 37.8 Å². The molecule has 3 rings (SSSR count). The quantitative estimate of drug-likeness (QED) is 0.397. The van der Waals surface area contributed by atoms with E-state index in [9.17, 15) is 9.90 Å². The largest absolute Gasteiger partial charge is 0.488 e. The third-order valence-electron chi connectivity index (χ3n) is 4.35. The second-order valence-corrected chi connectivity index (χ2v) is 6.09. The van der Waals surface area contributed by atoms with Crippen molar-refractivity contribution in [2.24, 2.45) is 0 Å².